The SMILES string of the molecule is N#Cc1nccnc1N1CCN(CCC(=O)Nc2nc3ccccc3s2)CC1. The van der Waals surface area contributed by atoms with E-state index < -0.39 is 0 Å². The van der Waals surface area contributed by atoms with Gasteiger partial charge in [0.1, 0.15) is 6.07 Å². The molecule has 2 aromatic heterocycles. The molecule has 142 valence electrons. The van der Waals surface area contributed by atoms with Gasteiger partial charge < -0.3 is 10.2 Å². The number of hydrogen-bond donors (Lipinski definition) is 1. The molecule has 0 atom stereocenters. The number of thiazole rings is 1. The third-order valence-electron chi connectivity index (χ3n) is 4.65. The number of anilines is 2. The van der Waals surface area contributed by atoms with Crippen molar-refractivity contribution in [1.82, 2.24) is 19.9 Å². The van der Waals surface area contributed by atoms with E-state index in [1.165, 1.54) is 17.5 Å². The number of rotatable bonds is 5. The first-order valence-corrected chi connectivity index (χ1v) is 9.88. The van der Waals surface area contributed by atoms with Gasteiger partial charge in [0.25, 0.3) is 0 Å². The largest absolute Gasteiger partial charge is 0.352 e. The van der Waals surface area contributed by atoms with Gasteiger partial charge in [-0.15, -0.1) is 0 Å². The molecule has 0 bridgehead atoms. The van der Waals surface area contributed by atoms with E-state index in [2.05, 4.69) is 36.1 Å². The molecule has 1 saturated heterocycles. The Morgan fingerprint density at radius 2 is 1.96 bits per heavy atom. The number of fused-ring (bicyclic) bond motifs is 1. The molecule has 8 nitrogen and oxygen atoms in total. The molecule has 0 aliphatic carbocycles. The van der Waals surface area contributed by atoms with Crippen molar-refractivity contribution in [1.29, 1.82) is 5.26 Å². The molecule has 0 radical (unpaired) electrons. The van der Waals surface area contributed by atoms with E-state index in [0.717, 1.165) is 36.4 Å². The molecular formula is C19H19N7OS. The fourth-order valence-electron chi connectivity index (χ4n) is 3.19. The minimum Gasteiger partial charge on any atom is -0.352 e. The van der Waals surface area contributed by atoms with Crippen LogP contribution in [-0.2, 0) is 4.79 Å². The molecule has 4 rings (SSSR count). The van der Waals surface area contributed by atoms with Crippen LogP contribution in [0.4, 0.5) is 10.9 Å². The van der Waals surface area contributed by atoms with E-state index in [4.69, 9.17) is 0 Å². The van der Waals surface area contributed by atoms with Gasteiger partial charge in [-0.25, -0.2) is 15.0 Å². The van der Waals surface area contributed by atoms with Crippen LogP contribution in [0.2, 0.25) is 0 Å². The lowest BCUT2D eigenvalue weighted by atomic mass is 10.2. The van der Waals surface area contributed by atoms with Crippen molar-refractivity contribution in [2.75, 3.05) is 42.9 Å². The number of nitriles is 1. The van der Waals surface area contributed by atoms with Crippen molar-refractivity contribution in [2.45, 2.75) is 6.42 Å². The average Bonchev–Trinajstić information content (AvgIpc) is 3.15. The Morgan fingerprint density at radius 1 is 1.18 bits per heavy atom. The zero-order valence-corrected chi connectivity index (χ0v) is 16.0. The predicted molar refractivity (Wildman–Crippen MR) is 108 cm³/mol. The normalized spacial score (nSPS) is 14.8. The molecule has 1 aliphatic heterocycles. The average molecular weight is 393 g/mol. The van der Waals surface area contributed by atoms with Crippen LogP contribution >= 0.6 is 11.3 Å². The summed E-state index contributed by atoms with van der Waals surface area (Å²) in [6.07, 6.45) is 3.56. The van der Waals surface area contributed by atoms with Gasteiger partial charge in [0.15, 0.2) is 16.6 Å². The second-order valence-corrected chi connectivity index (χ2v) is 7.48. The molecule has 1 N–H and O–H groups in total. The molecule has 0 saturated carbocycles. The van der Waals surface area contributed by atoms with Gasteiger partial charge in [-0.05, 0) is 12.1 Å². The van der Waals surface area contributed by atoms with Gasteiger partial charge in [0.2, 0.25) is 5.91 Å². The Bertz CT molecular complexity index is 987. The first-order valence-electron chi connectivity index (χ1n) is 9.07. The van der Waals surface area contributed by atoms with Gasteiger partial charge in [0.05, 0.1) is 10.2 Å². The van der Waals surface area contributed by atoms with Gasteiger partial charge in [-0.1, -0.05) is 23.5 Å². The quantitative estimate of drug-likeness (QED) is 0.709. The number of nitrogens with zero attached hydrogens (tertiary/aromatic N) is 6. The van der Waals surface area contributed by atoms with Crippen LogP contribution in [0.1, 0.15) is 12.1 Å². The molecule has 1 aliphatic rings. The molecular weight excluding hydrogens is 374 g/mol. The highest BCUT2D eigenvalue weighted by Crippen LogP contribution is 2.25. The molecule has 1 amide bonds. The Kier molecular flexibility index (Phi) is 5.41. The van der Waals surface area contributed by atoms with E-state index in [1.54, 1.807) is 6.20 Å². The van der Waals surface area contributed by atoms with E-state index in [9.17, 15) is 10.1 Å². The number of hydrogen-bond acceptors (Lipinski definition) is 8. The van der Waals surface area contributed by atoms with E-state index in [-0.39, 0.29) is 5.91 Å². The number of nitrogens with one attached hydrogen (secondary N) is 1. The van der Waals surface area contributed by atoms with Gasteiger partial charge in [0, 0.05) is 51.5 Å². The van der Waals surface area contributed by atoms with Crippen LogP contribution in [0.3, 0.4) is 0 Å². The summed E-state index contributed by atoms with van der Waals surface area (Å²) in [7, 11) is 0. The van der Waals surface area contributed by atoms with Crippen molar-refractivity contribution in [3.8, 4) is 6.07 Å². The number of aromatic nitrogens is 3. The van der Waals surface area contributed by atoms with Crippen LogP contribution in [-0.4, -0.2) is 58.5 Å². The number of benzene rings is 1. The van der Waals surface area contributed by atoms with Crippen LogP contribution in [0, 0.1) is 11.3 Å². The van der Waals surface area contributed by atoms with Crippen LogP contribution in [0.5, 0.6) is 0 Å². The van der Waals surface area contributed by atoms with Gasteiger partial charge in [-0.2, -0.15) is 5.26 Å². The highest BCUT2D eigenvalue weighted by atomic mass is 32.1. The summed E-state index contributed by atoms with van der Waals surface area (Å²) in [5, 5.41) is 12.7. The van der Waals surface area contributed by atoms with Crippen molar-refractivity contribution < 1.29 is 4.79 Å². The maximum Gasteiger partial charge on any atom is 0.227 e. The summed E-state index contributed by atoms with van der Waals surface area (Å²) < 4.78 is 1.06. The number of amides is 1. The summed E-state index contributed by atoms with van der Waals surface area (Å²) in [5.74, 6) is 0.611. The molecule has 0 unspecified atom stereocenters. The molecule has 9 heteroatoms. The van der Waals surface area contributed by atoms with Crippen LogP contribution < -0.4 is 10.2 Å². The molecule has 0 spiro atoms. The fourth-order valence-corrected chi connectivity index (χ4v) is 4.07. The van der Waals surface area contributed by atoms with Gasteiger partial charge in [-0.3, -0.25) is 9.69 Å². The molecule has 1 fully saturated rings. The Morgan fingerprint density at radius 3 is 2.75 bits per heavy atom. The standard InChI is InChI=1S/C19H19N7OS/c20-13-15-18(22-7-6-21-15)26-11-9-25(10-12-26)8-5-17(27)24-19-23-14-3-1-2-4-16(14)28-19/h1-4,6-7H,5,8-12H2,(H,23,24,27). The van der Waals surface area contributed by atoms with E-state index in [1.807, 2.05) is 24.3 Å². The Hall–Kier alpha value is -3.09. The third-order valence-corrected chi connectivity index (χ3v) is 5.60. The Balaban J connectivity index is 1.26. The third kappa shape index (κ3) is 4.08. The second kappa shape index (κ2) is 8.29. The smallest absolute Gasteiger partial charge is 0.227 e. The molecule has 3 aromatic rings. The molecule has 3 heterocycles. The topological polar surface area (TPSA) is 98.0 Å². The zero-order chi connectivity index (χ0) is 19.3. The molecule has 28 heavy (non-hydrogen) atoms. The maximum absolute atomic E-state index is 12.3. The lowest BCUT2D eigenvalue weighted by Gasteiger charge is -2.35. The second-order valence-electron chi connectivity index (χ2n) is 6.45. The first-order chi connectivity index (χ1) is 13.7. The first kappa shape index (κ1) is 18.3. The summed E-state index contributed by atoms with van der Waals surface area (Å²) in [6, 6.07) is 9.93. The lowest BCUT2D eigenvalue weighted by Crippen LogP contribution is -2.47. The van der Waals surface area contributed by atoms with Crippen LogP contribution in [0.15, 0.2) is 36.7 Å². The van der Waals surface area contributed by atoms with Crippen molar-refractivity contribution >= 4 is 38.4 Å². The highest BCUT2D eigenvalue weighted by Gasteiger charge is 2.21. The minimum absolute atomic E-state index is 0.0258. The number of carbonyl (C=O) groups is 1. The maximum atomic E-state index is 12.3. The Labute approximate surface area is 166 Å². The lowest BCUT2D eigenvalue weighted by molar-refractivity contribution is -0.116. The monoisotopic (exact) mass is 393 g/mol. The highest BCUT2D eigenvalue weighted by molar-refractivity contribution is 7.22. The summed E-state index contributed by atoms with van der Waals surface area (Å²) in [6.45, 7) is 3.83. The zero-order valence-electron chi connectivity index (χ0n) is 15.2. The predicted octanol–water partition coefficient (Wildman–Crippen LogP) is 2.11. The summed E-state index contributed by atoms with van der Waals surface area (Å²) >= 11 is 1.49. The van der Waals surface area contributed by atoms with Crippen molar-refractivity contribution in [3.05, 3.63) is 42.4 Å². The van der Waals surface area contributed by atoms with Gasteiger partial charge >= 0.3 is 0 Å². The van der Waals surface area contributed by atoms with E-state index >= 15 is 0 Å². The summed E-state index contributed by atoms with van der Waals surface area (Å²) in [5.41, 5.74) is 1.26. The summed E-state index contributed by atoms with van der Waals surface area (Å²) in [4.78, 5) is 29.4. The van der Waals surface area contributed by atoms with Crippen molar-refractivity contribution in [3.63, 3.8) is 0 Å². The number of piperazine rings is 1. The van der Waals surface area contributed by atoms with E-state index in [0.29, 0.717) is 29.6 Å². The number of para-hydroxylation sites is 1. The minimum atomic E-state index is -0.0258. The molecule has 1 aromatic carbocycles. The van der Waals surface area contributed by atoms with Crippen LogP contribution in [0.25, 0.3) is 10.2 Å². The fraction of sp³-hybridized carbons (Fsp3) is 0.316. The number of carbonyl (C=O) groups excluding carboxylic acids is 1. The van der Waals surface area contributed by atoms with Crippen molar-refractivity contribution in [2.24, 2.45) is 0 Å².